The van der Waals surface area contributed by atoms with E-state index in [0.29, 0.717) is 0 Å². The molecule has 0 aromatic heterocycles. The third-order valence-electron chi connectivity index (χ3n) is 1.24. The van der Waals surface area contributed by atoms with Gasteiger partial charge in [0.05, 0.1) is 6.21 Å². The van der Waals surface area contributed by atoms with Crippen LogP contribution in [0, 0.1) is 0 Å². The summed E-state index contributed by atoms with van der Waals surface area (Å²) in [7, 11) is 1.25. The van der Waals surface area contributed by atoms with Gasteiger partial charge in [-0.2, -0.15) is 4.99 Å². The highest BCUT2D eigenvalue weighted by atomic mass is 16.2. The minimum Gasteiger partial charge on any atom is -0.268 e. The average molecular weight is 152 g/mol. The maximum atomic E-state index is 10.9. The second-order valence-corrected chi connectivity index (χ2v) is 1.92. The molecule has 0 atom stereocenters. The first-order valence-electron chi connectivity index (χ1n) is 2.78. The maximum Gasteiger partial charge on any atom is 0.350 e. The molecule has 1 heterocycles. The molecule has 0 N–H and O–H groups in total. The third-order valence-corrected chi connectivity index (χ3v) is 1.24. The number of hydrogen-bond acceptors (Lipinski definition) is 3. The zero-order chi connectivity index (χ0) is 8.43. The second-order valence-electron chi connectivity index (χ2n) is 1.92. The molecule has 0 unspecified atom stereocenters. The average Bonchev–Trinajstić information content (AvgIpc) is 2.01. The van der Waals surface area contributed by atoms with Gasteiger partial charge in [-0.15, -0.1) is 0 Å². The molecule has 0 spiro atoms. The van der Waals surface area contributed by atoms with Crippen molar-refractivity contribution < 1.29 is 14.4 Å². The van der Waals surface area contributed by atoms with Crippen molar-refractivity contribution in [2.75, 3.05) is 7.05 Å². The number of carbonyl (C=O) groups excluding carboxylic acids is 3. The van der Waals surface area contributed by atoms with E-state index in [1.54, 1.807) is 0 Å². The largest absolute Gasteiger partial charge is 0.350 e. The van der Waals surface area contributed by atoms with E-state index in [4.69, 9.17) is 0 Å². The molecule has 5 nitrogen and oxygen atoms in total. The summed E-state index contributed by atoms with van der Waals surface area (Å²) in [6.45, 7) is 0. The summed E-state index contributed by atoms with van der Waals surface area (Å²) in [6, 6.07) is -0.672. The molecular weight excluding hydrogens is 148 g/mol. The number of likely N-dealkylation sites (N-methyl/N-ethyl adjacent to an activating group) is 1. The van der Waals surface area contributed by atoms with Gasteiger partial charge in [0.1, 0.15) is 11.5 Å². The first-order valence-corrected chi connectivity index (χ1v) is 2.78. The lowest BCUT2D eigenvalue weighted by Gasteiger charge is -2.13. The zero-order valence-corrected chi connectivity index (χ0v) is 5.70. The highest BCUT2D eigenvalue weighted by molar-refractivity contribution is 6.26. The van der Waals surface area contributed by atoms with Gasteiger partial charge in [0.15, 0.2) is 0 Å². The Labute approximate surface area is 62.0 Å². The number of rotatable bonds is 0. The smallest absolute Gasteiger partial charge is 0.268 e. The molecule has 0 aromatic rings. The quantitative estimate of drug-likeness (QED) is 0.344. The van der Waals surface area contributed by atoms with E-state index in [0.717, 1.165) is 11.1 Å². The molecule has 0 aromatic carbocycles. The highest BCUT2D eigenvalue weighted by Gasteiger charge is 2.24. The number of amides is 3. The molecule has 56 valence electrons. The molecule has 5 heteroatoms. The molecule has 1 rings (SSSR count). The summed E-state index contributed by atoms with van der Waals surface area (Å²) in [5.41, 5.74) is -0.230. The normalized spacial score (nSPS) is 17.2. The van der Waals surface area contributed by atoms with E-state index in [1.807, 2.05) is 0 Å². The van der Waals surface area contributed by atoms with Crippen molar-refractivity contribution in [3.05, 3.63) is 5.57 Å². The van der Waals surface area contributed by atoms with Crippen molar-refractivity contribution in [1.29, 1.82) is 0 Å². The fourth-order valence-electron chi connectivity index (χ4n) is 0.599. The van der Waals surface area contributed by atoms with E-state index < -0.39 is 11.9 Å². The summed E-state index contributed by atoms with van der Waals surface area (Å²) in [4.78, 5) is 35.5. The van der Waals surface area contributed by atoms with E-state index in [1.165, 1.54) is 13.0 Å². The standard InChI is InChI=1S/C6H4N2O3/c1-8-5(10)4(3-9)2-7-6(8)11/h2H,1H3. The number of hydrogen-bond donors (Lipinski definition) is 0. The molecule has 0 radical (unpaired) electrons. The van der Waals surface area contributed by atoms with Gasteiger partial charge in [0.25, 0.3) is 5.91 Å². The van der Waals surface area contributed by atoms with Gasteiger partial charge in [-0.25, -0.2) is 9.59 Å². The predicted octanol–water partition coefficient (Wildman–Crippen LogP) is -0.593. The molecule has 0 saturated carbocycles. The maximum absolute atomic E-state index is 10.9. The lowest BCUT2D eigenvalue weighted by molar-refractivity contribution is -0.122. The van der Waals surface area contributed by atoms with Crippen LogP contribution in [-0.2, 0) is 9.59 Å². The zero-order valence-electron chi connectivity index (χ0n) is 5.70. The van der Waals surface area contributed by atoms with Crippen molar-refractivity contribution >= 4 is 24.1 Å². The summed E-state index contributed by atoms with van der Waals surface area (Å²) in [6.07, 6.45) is 0.914. The van der Waals surface area contributed by atoms with Crippen LogP contribution in [0.5, 0.6) is 0 Å². The summed E-state index contributed by atoms with van der Waals surface area (Å²) < 4.78 is 0. The van der Waals surface area contributed by atoms with Crippen LogP contribution in [-0.4, -0.2) is 36.0 Å². The Bertz CT molecular complexity index is 299. The molecular formula is C6H4N2O3. The van der Waals surface area contributed by atoms with Crippen LogP contribution in [0.4, 0.5) is 4.79 Å². The van der Waals surface area contributed by atoms with E-state index >= 15 is 0 Å². The van der Waals surface area contributed by atoms with Gasteiger partial charge >= 0.3 is 6.03 Å². The second kappa shape index (κ2) is 2.48. The summed E-state index contributed by atoms with van der Waals surface area (Å²) >= 11 is 0. The first-order chi connectivity index (χ1) is 5.16. The molecule has 0 fully saturated rings. The van der Waals surface area contributed by atoms with Crippen molar-refractivity contribution in [1.82, 2.24) is 4.90 Å². The van der Waals surface area contributed by atoms with Gasteiger partial charge in [-0.3, -0.25) is 9.69 Å². The number of carbonyl (C=O) groups is 2. The predicted molar refractivity (Wildman–Crippen MR) is 35.9 cm³/mol. The van der Waals surface area contributed by atoms with E-state index in [-0.39, 0.29) is 5.57 Å². The van der Waals surface area contributed by atoms with Crippen LogP contribution in [0.15, 0.2) is 10.6 Å². The van der Waals surface area contributed by atoms with Crippen molar-refractivity contribution in [3.63, 3.8) is 0 Å². The fraction of sp³-hybridized carbons (Fsp3) is 0.167. The molecule has 0 bridgehead atoms. The van der Waals surface area contributed by atoms with Gasteiger partial charge in [0, 0.05) is 7.05 Å². The number of imide groups is 1. The summed E-state index contributed by atoms with van der Waals surface area (Å²) in [5.74, 6) is 0.712. The number of urea groups is 1. The molecule has 1 aliphatic heterocycles. The van der Waals surface area contributed by atoms with Gasteiger partial charge < -0.3 is 0 Å². The number of nitrogens with zero attached hydrogens (tertiary/aromatic N) is 2. The third kappa shape index (κ3) is 1.09. The molecule has 3 amide bonds. The van der Waals surface area contributed by atoms with E-state index in [2.05, 4.69) is 4.99 Å². The van der Waals surface area contributed by atoms with Crippen molar-refractivity contribution in [2.45, 2.75) is 0 Å². The Kier molecular flexibility index (Phi) is 1.66. The fourth-order valence-corrected chi connectivity index (χ4v) is 0.599. The monoisotopic (exact) mass is 152 g/mol. The van der Waals surface area contributed by atoms with Crippen LogP contribution in [0.25, 0.3) is 0 Å². The Morgan fingerprint density at radius 3 is 2.73 bits per heavy atom. The van der Waals surface area contributed by atoms with Crippen LogP contribution in [0.1, 0.15) is 0 Å². The molecule has 0 aliphatic carbocycles. The van der Waals surface area contributed by atoms with Crippen LogP contribution in [0.3, 0.4) is 0 Å². The Hall–Kier alpha value is -1.74. The molecule has 1 aliphatic rings. The van der Waals surface area contributed by atoms with Crippen molar-refractivity contribution in [3.8, 4) is 0 Å². The minimum atomic E-state index is -0.672. The molecule has 11 heavy (non-hydrogen) atoms. The van der Waals surface area contributed by atoms with Crippen LogP contribution in [0.2, 0.25) is 0 Å². The van der Waals surface area contributed by atoms with Gasteiger partial charge in [0.2, 0.25) is 0 Å². The Balaban J connectivity index is 3.13. The summed E-state index contributed by atoms with van der Waals surface area (Å²) in [5, 5.41) is 0. The lowest BCUT2D eigenvalue weighted by Crippen LogP contribution is -2.36. The van der Waals surface area contributed by atoms with Gasteiger partial charge in [-0.05, 0) is 0 Å². The van der Waals surface area contributed by atoms with E-state index in [9.17, 15) is 14.4 Å². The van der Waals surface area contributed by atoms with Crippen molar-refractivity contribution in [2.24, 2.45) is 4.99 Å². The SMILES string of the molecule is CN1C(=O)N=CC(=C=O)C1=O. The number of aliphatic imine (C=N–C) groups is 1. The Morgan fingerprint density at radius 1 is 1.55 bits per heavy atom. The highest BCUT2D eigenvalue weighted by Crippen LogP contribution is 2.02. The molecule has 0 saturated heterocycles. The minimum absolute atomic E-state index is 0.230. The van der Waals surface area contributed by atoms with Crippen LogP contribution < -0.4 is 0 Å². The topological polar surface area (TPSA) is 66.8 Å². The van der Waals surface area contributed by atoms with Crippen LogP contribution >= 0.6 is 0 Å². The first kappa shape index (κ1) is 7.37. The van der Waals surface area contributed by atoms with Gasteiger partial charge in [-0.1, -0.05) is 0 Å². The Morgan fingerprint density at radius 2 is 2.18 bits per heavy atom. The lowest BCUT2D eigenvalue weighted by atomic mass is 10.2.